The molecular weight excluding hydrogens is 412 g/mol. The zero-order chi connectivity index (χ0) is 22.6. The van der Waals surface area contributed by atoms with Gasteiger partial charge in [0.05, 0.1) is 6.04 Å². The van der Waals surface area contributed by atoms with E-state index in [1.165, 1.54) is 0 Å². The van der Waals surface area contributed by atoms with Crippen molar-refractivity contribution in [3.8, 4) is 0 Å². The molecule has 1 aliphatic heterocycles. The number of pyridine rings is 1. The summed E-state index contributed by atoms with van der Waals surface area (Å²) in [6.07, 6.45) is 7.12. The minimum Gasteiger partial charge on any atom is -0.324 e. The van der Waals surface area contributed by atoms with E-state index in [0.29, 0.717) is 11.5 Å². The molecule has 0 aliphatic carbocycles. The molecular formula is C26H26N6O. The molecule has 0 unspecified atom stereocenters. The van der Waals surface area contributed by atoms with Crippen molar-refractivity contribution < 1.29 is 4.79 Å². The molecule has 0 spiro atoms. The maximum absolute atomic E-state index is 13.9. The van der Waals surface area contributed by atoms with Crippen LogP contribution in [0.4, 0.5) is 17.5 Å². The number of carbonyl (C=O) groups is 1. The lowest BCUT2D eigenvalue weighted by atomic mass is 10.0. The molecule has 2 aromatic carbocycles. The number of aryl methyl sites for hydroxylation is 1. The van der Waals surface area contributed by atoms with Crippen LogP contribution in [0.25, 0.3) is 10.8 Å². The van der Waals surface area contributed by atoms with Crippen molar-refractivity contribution in [1.29, 1.82) is 0 Å². The standard InChI is InChI=1S/C26H26N6O/c1-18-5-2-6-19-12-16-28-24(23(18)19)32(22-7-3-13-27-17-22)25(33)20-8-10-21(11-9-20)31-26-29-14-4-15-30-26/h2,4-6,8-12,14-16,22,27H,3,7,13,17H2,1H3,(H,29,30,31)/t22-/m1/s1. The minimum atomic E-state index is -0.0468. The summed E-state index contributed by atoms with van der Waals surface area (Å²) in [6, 6.07) is 17.4. The maximum atomic E-state index is 13.9. The molecule has 0 bridgehead atoms. The highest BCUT2D eigenvalue weighted by atomic mass is 16.2. The predicted molar refractivity (Wildman–Crippen MR) is 131 cm³/mol. The number of piperidine rings is 1. The Morgan fingerprint density at radius 1 is 1.00 bits per heavy atom. The van der Waals surface area contributed by atoms with Gasteiger partial charge in [0, 0.05) is 41.8 Å². The van der Waals surface area contributed by atoms with Crippen LogP contribution in [-0.2, 0) is 0 Å². The Bertz CT molecular complexity index is 1250. The summed E-state index contributed by atoms with van der Waals surface area (Å²) in [5.74, 6) is 1.19. The Morgan fingerprint density at radius 3 is 2.58 bits per heavy atom. The largest absolute Gasteiger partial charge is 0.324 e. The Kier molecular flexibility index (Phi) is 5.95. The van der Waals surface area contributed by atoms with E-state index in [-0.39, 0.29) is 11.9 Å². The number of amides is 1. The van der Waals surface area contributed by atoms with Gasteiger partial charge in [-0.1, -0.05) is 18.2 Å². The monoisotopic (exact) mass is 438 g/mol. The molecule has 7 nitrogen and oxygen atoms in total. The highest BCUT2D eigenvalue weighted by molar-refractivity contribution is 6.10. The van der Waals surface area contributed by atoms with Gasteiger partial charge in [-0.15, -0.1) is 0 Å². The normalized spacial score (nSPS) is 15.8. The number of nitrogens with zero attached hydrogens (tertiary/aromatic N) is 4. The first kappa shape index (κ1) is 21.0. The van der Waals surface area contributed by atoms with Crippen molar-refractivity contribution >= 4 is 34.1 Å². The third-order valence-electron chi connectivity index (χ3n) is 6.02. The Morgan fingerprint density at radius 2 is 1.82 bits per heavy atom. The van der Waals surface area contributed by atoms with E-state index in [4.69, 9.17) is 4.98 Å². The summed E-state index contributed by atoms with van der Waals surface area (Å²) < 4.78 is 0. The van der Waals surface area contributed by atoms with E-state index in [0.717, 1.165) is 53.8 Å². The number of carbonyl (C=O) groups excluding carboxylic acids is 1. The van der Waals surface area contributed by atoms with E-state index in [9.17, 15) is 4.79 Å². The van der Waals surface area contributed by atoms with Crippen molar-refractivity contribution in [2.75, 3.05) is 23.3 Å². The van der Waals surface area contributed by atoms with Crippen LogP contribution in [0, 0.1) is 6.92 Å². The van der Waals surface area contributed by atoms with Gasteiger partial charge in [-0.05, 0) is 73.7 Å². The van der Waals surface area contributed by atoms with Crippen LogP contribution in [0.1, 0.15) is 28.8 Å². The number of anilines is 3. The van der Waals surface area contributed by atoms with E-state index in [2.05, 4.69) is 39.7 Å². The third kappa shape index (κ3) is 4.40. The number of hydrogen-bond acceptors (Lipinski definition) is 6. The second kappa shape index (κ2) is 9.34. The van der Waals surface area contributed by atoms with Gasteiger partial charge in [0.15, 0.2) is 0 Å². The SMILES string of the molecule is Cc1cccc2ccnc(N(C(=O)c3ccc(Nc4ncccn4)cc3)[C@@H]3CCCNC3)c12. The van der Waals surface area contributed by atoms with Crippen LogP contribution in [0.15, 0.2) is 73.2 Å². The van der Waals surface area contributed by atoms with Gasteiger partial charge >= 0.3 is 0 Å². The fourth-order valence-electron chi connectivity index (χ4n) is 4.39. The number of benzene rings is 2. The molecule has 1 saturated heterocycles. The topological polar surface area (TPSA) is 83.0 Å². The number of nitrogens with one attached hydrogen (secondary N) is 2. The minimum absolute atomic E-state index is 0.0412. The van der Waals surface area contributed by atoms with E-state index in [1.54, 1.807) is 24.7 Å². The van der Waals surface area contributed by atoms with Gasteiger partial charge < -0.3 is 10.6 Å². The van der Waals surface area contributed by atoms with Crippen LogP contribution >= 0.6 is 0 Å². The van der Waals surface area contributed by atoms with Crippen LogP contribution in [0.3, 0.4) is 0 Å². The molecule has 2 N–H and O–H groups in total. The summed E-state index contributed by atoms with van der Waals surface area (Å²) in [5, 5.41) is 8.71. The number of hydrogen-bond donors (Lipinski definition) is 2. The molecule has 5 rings (SSSR count). The third-order valence-corrected chi connectivity index (χ3v) is 6.02. The summed E-state index contributed by atoms with van der Waals surface area (Å²) in [6.45, 7) is 3.80. The van der Waals surface area contributed by atoms with Gasteiger partial charge in [0.2, 0.25) is 5.95 Å². The molecule has 1 aliphatic rings. The number of fused-ring (bicyclic) bond motifs is 1. The van der Waals surface area contributed by atoms with Gasteiger partial charge in [0.1, 0.15) is 5.82 Å². The molecule has 4 aromatic rings. The lowest BCUT2D eigenvalue weighted by molar-refractivity contribution is 0.0972. The summed E-state index contributed by atoms with van der Waals surface area (Å²) in [5.41, 5.74) is 2.55. The molecule has 166 valence electrons. The highest BCUT2D eigenvalue weighted by Crippen LogP contribution is 2.31. The Hall–Kier alpha value is -3.84. The lowest BCUT2D eigenvalue weighted by Gasteiger charge is -2.35. The fourth-order valence-corrected chi connectivity index (χ4v) is 4.39. The van der Waals surface area contributed by atoms with Crippen molar-refractivity contribution in [2.45, 2.75) is 25.8 Å². The molecule has 2 aromatic heterocycles. The second-order valence-corrected chi connectivity index (χ2v) is 8.26. The first-order valence-electron chi connectivity index (χ1n) is 11.2. The van der Waals surface area contributed by atoms with Crippen molar-refractivity contribution in [2.24, 2.45) is 0 Å². The summed E-state index contributed by atoms with van der Waals surface area (Å²) in [4.78, 5) is 28.9. The van der Waals surface area contributed by atoms with Gasteiger partial charge in [-0.2, -0.15) is 0 Å². The second-order valence-electron chi connectivity index (χ2n) is 8.26. The van der Waals surface area contributed by atoms with Crippen LogP contribution in [0.5, 0.6) is 0 Å². The molecule has 0 saturated carbocycles. The zero-order valence-corrected chi connectivity index (χ0v) is 18.5. The predicted octanol–water partition coefficient (Wildman–Crippen LogP) is 4.48. The molecule has 33 heavy (non-hydrogen) atoms. The Labute approximate surface area is 192 Å². The van der Waals surface area contributed by atoms with Crippen molar-refractivity contribution in [1.82, 2.24) is 20.3 Å². The van der Waals surface area contributed by atoms with Gasteiger partial charge in [-0.3, -0.25) is 9.69 Å². The molecule has 1 atom stereocenters. The number of rotatable bonds is 5. The quantitative estimate of drug-likeness (QED) is 0.478. The first-order chi connectivity index (χ1) is 16.2. The van der Waals surface area contributed by atoms with E-state index >= 15 is 0 Å². The lowest BCUT2D eigenvalue weighted by Crippen LogP contribution is -2.49. The average molecular weight is 439 g/mol. The Balaban J connectivity index is 1.51. The van der Waals surface area contributed by atoms with Crippen LogP contribution in [-0.4, -0.2) is 40.0 Å². The first-order valence-corrected chi connectivity index (χ1v) is 11.2. The molecule has 1 amide bonds. The van der Waals surface area contributed by atoms with Gasteiger partial charge in [0.25, 0.3) is 5.91 Å². The van der Waals surface area contributed by atoms with Gasteiger partial charge in [-0.25, -0.2) is 15.0 Å². The average Bonchev–Trinajstić information content (AvgIpc) is 2.86. The van der Waals surface area contributed by atoms with E-state index < -0.39 is 0 Å². The highest BCUT2D eigenvalue weighted by Gasteiger charge is 2.30. The number of aromatic nitrogens is 3. The summed E-state index contributed by atoms with van der Waals surface area (Å²) >= 11 is 0. The smallest absolute Gasteiger partial charge is 0.259 e. The van der Waals surface area contributed by atoms with Crippen LogP contribution < -0.4 is 15.5 Å². The van der Waals surface area contributed by atoms with Crippen molar-refractivity contribution in [3.63, 3.8) is 0 Å². The fraction of sp³-hybridized carbons (Fsp3) is 0.231. The zero-order valence-electron chi connectivity index (χ0n) is 18.5. The van der Waals surface area contributed by atoms with E-state index in [1.807, 2.05) is 41.3 Å². The maximum Gasteiger partial charge on any atom is 0.259 e. The molecule has 0 radical (unpaired) electrons. The van der Waals surface area contributed by atoms with Crippen molar-refractivity contribution in [3.05, 3.63) is 84.3 Å². The van der Waals surface area contributed by atoms with Crippen LogP contribution in [0.2, 0.25) is 0 Å². The molecule has 3 heterocycles. The molecule has 1 fully saturated rings. The molecule has 7 heteroatoms. The summed E-state index contributed by atoms with van der Waals surface area (Å²) in [7, 11) is 0.